The van der Waals surface area contributed by atoms with Crippen LogP contribution in [0.25, 0.3) is 10.9 Å². The van der Waals surface area contributed by atoms with Crippen LogP contribution < -0.4 is 5.32 Å². The molecule has 2 N–H and O–H groups in total. The molecule has 1 aromatic carbocycles. The molecule has 1 saturated heterocycles. The quantitative estimate of drug-likeness (QED) is 0.690. The number of para-hydroxylation sites is 1. The lowest BCUT2D eigenvalue weighted by Crippen LogP contribution is -2.22. The van der Waals surface area contributed by atoms with E-state index < -0.39 is 0 Å². The lowest BCUT2D eigenvalue weighted by molar-refractivity contribution is 0.0952. The molecule has 3 aromatic rings. The van der Waals surface area contributed by atoms with Crippen LogP contribution in [0.1, 0.15) is 16.1 Å². The van der Waals surface area contributed by atoms with Crippen LogP contribution >= 0.6 is 0 Å². The second-order valence-corrected chi connectivity index (χ2v) is 5.32. The van der Waals surface area contributed by atoms with Gasteiger partial charge in [-0.05, 0) is 6.07 Å². The van der Waals surface area contributed by atoms with Gasteiger partial charge in [-0.2, -0.15) is 0 Å². The van der Waals surface area contributed by atoms with E-state index in [4.69, 9.17) is 4.74 Å². The number of epoxide rings is 1. The number of amides is 1. The Morgan fingerprint density at radius 1 is 1.45 bits per heavy atom. The predicted octanol–water partition coefficient (Wildman–Crippen LogP) is 1.09. The normalized spacial score (nSPS) is 16.8. The Morgan fingerprint density at radius 3 is 3.18 bits per heavy atom. The molecule has 4 rings (SSSR count). The summed E-state index contributed by atoms with van der Waals surface area (Å²) in [5.41, 5.74) is 2.31. The summed E-state index contributed by atoms with van der Waals surface area (Å²) in [6.45, 7) is 1.85. The third-order valence-electron chi connectivity index (χ3n) is 3.64. The summed E-state index contributed by atoms with van der Waals surface area (Å²) < 4.78 is 6.89. The number of H-pyrrole nitrogens is 1. The number of fused-ring (bicyclic) bond motifs is 1. The van der Waals surface area contributed by atoms with Gasteiger partial charge in [0.25, 0.3) is 5.91 Å². The molecule has 1 atom stereocenters. The molecule has 7 nitrogen and oxygen atoms in total. The van der Waals surface area contributed by atoms with Gasteiger partial charge in [-0.3, -0.25) is 4.79 Å². The van der Waals surface area contributed by atoms with Crippen molar-refractivity contribution in [1.29, 1.82) is 0 Å². The van der Waals surface area contributed by atoms with Crippen molar-refractivity contribution in [3.8, 4) is 0 Å². The molecular formula is C15H15N5O2. The van der Waals surface area contributed by atoms with Gasteiger partial charge in [-0.25, -0.2) is 4.68 Å². The van der Waals surface area contributed by atoms with Crippen molar-refractivity contribution in [1.82, 2.24) is 25.3 Å². The molecule has 0 radical (unpaired) electrons. The largest absolute Gasteiger partial charge is 0.371 e. The highest BCUT2D eigenvalue weighted by Gasteiger charge is 2.23. The topological polar surface area (TPSA) is 88.1 Å². The maximum atomic E-state index is 12.3. The predicted molar refractivity (Wildman–Crippen MR) is 79.2 cm³/mol. The van der Waals surface area contributed by atoms with Gasteiger partial charge in [0.1, 0.15) is 11.8 Å². The zero-order valence-corrected chi connectivity index (χ0v) is 11.8. The van der Waals surface area contributed by atoms with Gasteiger partial charge in [0.15, 0.2) is 0 Å². The van der Waals surface area contributed by atoms with Crippen LogP contribution in [0.15, 0.2) is 36.7 Å². The second-order valence-electron chi connectivity index (χ2n) is 5.32. The molecule has 112 valence electrons. The minimum absolute atomic E-state index is 0.127. The summed E-state index contributed by atoms with van der Waals surface area (Å²) in [7, 11) is 0. The molecule has 7 heteroatoms. The first-order chi connectivity index (χ1) is 10.8. The van der Waals surface area contributed by atoms with Crippen LogP contribution in [0.3, 0.4) is 0 Å². The molecule has 0 spiro atoms. The number of ether oxygens (including phenoxy) is 1. The summed E-state index contributed by atoms with van der Waals surface area (Å²) in [5, 5.41) is 11.8. The number of nitrogens with zero attached hydrogens (tertiary/aromatic N) is 3. The van der Waals surface area contributed by atoms with Gasteiger partial charge in [-0.1, -0.05) is 23.4 Å². The Hall–Kier alpha value is -2.67. The molecule has 1 aliphatic heterocycles. The Kier molecular flexibility index (Phi) is 3.12. The van der Waals surface area contributed by atoms with Crippen LogP contribution in [0, 0.1) is 0 Å². The van der Waals surface area contributed by atoms with Crippen molar-refractivity contribution in [2.75, 3.05) is 6.61 Å². The molecule has 0 unspecified atom stereocenters. The van der Waals surface area contributed by atoms with Crippen molar-refractivity contribution in [2.45, 2.75) is 19.2 Å². The fourth-order valence-corrected chi connectivity index (χ4v) is 2.42. The van der Waals surface area contributed by atoms with E-state index in [1.807, 2.05) is 30.5 Å². The zero-order valence-electron chi connectivity index (χ0n) is 11.8. The van der Waals surface area contributed by atoms with Gasteiger partial charge >= 0.3 is 0 Å². The van der Waals surface area contributed by atoms with Gasteiger partial charge in [0.05, 0.1) is 31.5 Å². The van der Waals surface area contributed by atoms with Crippen molar-refractivity contribution in [3.63, 3.8) is 0 Å². The average molecular weight is 297 g/mol. The highest BCUT2D eigenvalue weighted by Crippen LogP contribution is 2.17. The van der Waals surface area contributed by atoms with Crippen LogP contribution in [0.4, 0.5) is 0 Å². The number of nitrogens with one attached hydrogen (secondary N) is 2. The monoisotopic (exact) mass is 297 g/mol. The van der Waals surface area contributed by atoms with Crippen LogP contribution in [-0.4, -0.2) is 38.6 Å². The Bertz CT molecular complexity index is 818. The Balaban J connectivity index is 1.42. The molecule has 22 heavy (non-hydrogen) atoms. The standard InChI is InChI=1S/C15H15N5O2/c21-15(13-6-16-14-4-2-1-3-12(13)14)17-5-10-7-20(19-18-10)8-11-9-22-11/h1-4,6-7,11,16H,5,8-9H2,(H,17,21)/t11-/m0/s1. The van der Waals surface area contributed by atoms with Crippen LogP contribution in [-0.2, 0) is 17.8 Å². The van der Waals surface area contributed by atoms with Crippen molar-refractivity contribution in [2.24, 2.45) is 0 Å². The second kappa shape index (κ2) is 5.27. The number of aromatic nitrogens is 4. The number of hydrogen-bond donors (Lipinski definition) is 2. The highest BCUT2D eigenvalue weighted by atomic mass is 16.6. The van der Waals surface area contributed by atoms with E-state index >= 15 is 0 Å². The van der Waals surface area contributed by atoms with E-state index in [0.29, 0.717) is 18.7 Å². The molecule has 0 aliphatic carbocycles. The lowest BCUT2D eigenvalue weighted by atomic mass is 10.1. The fraction of sp³-hybridized carbons (Fsp3) is 0.267. The SMILES string of the molecule is O=C(NCc1cn(C[C@H]2CO2)nn1)c1c[nH]c2ccccc12. The van der Waals surface area contributed by atoms with Gasteiger partial charge in [0, 0.05) is 17.1 Å². The summed E-state index contributed by atoms with van der Waals surface area (Å²) in [4.78, 5) is 15.4. The molecule has 1 aliphatic rings. The minimum Gasteiger partial charge on any atom is -0.371 e. The van der Waals surface area contributed by atoms with Crippen molar-refractivity contribution < 1.29 is 9.53 Å². The van der Waals surface area contributed by atoms with E-state index in [-0.39, 0.29) is 12.0 Å². The van der Waals surface area contributed by atoms with Crippen molar-refractivity contribution in [3.05, 3.63) is 47.9 Å². The average Bonchev–Trinajstić information content (AvgIpc) is 3.07. The first-order valence-electron chi connectivity index (χ1n) is 7.14. The Morgan fingerprint density at radius 2 is 2.32 bits per heavy atom. The molecule has 2 aromatic heterocycles. The van der Waals surface area contributed by atoms with E-state index in [0.717, 1.165) is 23.2 Å². The summed E-state index contributed by atoms with van der Waals surface area (Å²) in [6, 6.07) is 7.71. The van der Waals surface area contributed by atoms with Gasteiger partial charge < -0.3 is 15.0 Å². The highest BCUT2D eigenvalue weighted by molar-refractivity contribution is 6.06. The zero-order chi connectivity index (χ0) is 14.9. The number of carbonyl (C=O) groups excluding carboxylic acids is 1. The lowest BCUT2D eigenvalue weighted by Gasteiger charge is -2.01. The summed E-state index contributed by atoms with van der Waals surface area (Å²) in [5.74, 6) is -0.127. The number of aromatic amines is 1. The smallest absolute Gasteiger partial charge is 0.253 e. The van der Waals surface area contributed by atoms with E-state index in [2.05, 4.69) is 20.6 Å². The van der Waals surface area contributed by atoms with Gasteiger partial charge in [-0.15, -0.1) is 5.10 Å². The third kappa shape index (κ3) is 2.58. The number of carbonyl (C=O) groups is 1. The molecule has 3 heterocycles. The van der Waals surface area contributed by atoms with Crippen LogP contribution in [0.5, 0.6) is 0 Å². The number of rotatable bonds is 5. The maximum Gasteiger partial charge on any atom is 0.253 e. The number of hydrogen-bond acceptors (Lipinski definition) is 4. The van der Waals surface area contributed by atoms with E-state index in [1.165, 1.54) is 0 Å². The molecule has 1 amide bonds. The summed E-state index contributed by atoms with van der Waals surface area (Å²) >= 11 is 0. The molecular weight excluding hydrogens is 282 g/mol. The molecule has 1 fully saturated rings. The first-order valence-corrected chi connectivity index (χ1v) is 7.14. The van der Waals surface area contributed by atoms with Gasteiger partial charge in [0.2, 0.25) is 0 Å². The third-order valence-corrected chi connectivity index (χ3v) is 3.64. The maximum absolute atomic E-state index is 12.3. The fourth-order valence-electron chi connectivity index (χ4n) is 2.42. The first kappa shape index (κ1) is 13.0. The van der Waals surface area contributed by atoms with E-state index in [9.17, 15) is 4.79 Å². The van der Waals surface area contributed by atoms with Crippen molar-refractivity contribution >= 4 is 16.8 Å². The molecule has 0 saturated carbocycles. The summed E-state index contributed by atoms with van der Waals surface area (Å²) in [6.07, 6.45) is 3.81. The van der Waals surface area contributed by atoms with E-state index in [1.54, 1.807) is 10.9 Å². The Labute approximate surface area is 126 Å². The minimum atomic E-state index is -0.127. The number of benzene rings is 1. The van der Waals surface area contributed by atoms with Crippen LogP contribution in [0.2, 0.25) is 0 Å². The molecule has 0 bridgehead atoms.